The van der Waals surface area contributed by atoms with Crippen LogP contribution in [0.15, 0.2) is 54.6 Å². The van der Waals surface area contributed by atoms with Crippen molar-refractivity contribution < 1.29 is 72.4 Å². The summed E-state index contributed by atoms with van der Waals surface area (Å²) in [6.07, 6.45) is 11.6. The normalized spacial score (nSPS) is 17.7. The molecule has 0 aliphatic carbocycles. The molecule has 8 amide bonds. The van der Waals surface area contributed by atoms with Gasteiger partial charge in [-0.1, -0.05) is 97.1 Å². The van der Waals surface area contributed by atoms with E-state index in [1.165, 1.54) is 53.2 Å². The van der Waals surface area contributed by atoms with E-state index in [9.17, 15) is 57.8 Å². The number of imide groups is 2. The zero-order valence-electron chi connectivity index (χ0n) is 50.3. The second-order valence-electron chi connectivity index (χ2n) is 22.7. The van der Waals surface area contributed by atoms with Crippen LogP contribution < -0.4 is 5.32 Å². The molecule has 0 saturated carbocycles. The predicted octanol–water partition coefficient (Wildman–Crippen LogP) is 6.01. The molecule has 1 aromatic carbocycles. The van der Waals surface area contributed by atoms with Crippen molar-refractivity contribution in [1.82, 2.24) is 29.8 Å². The van der Waals surface area contributed by atoms with E-state index in [1.807, 2.05) is 33.8 Å². The van der Waals surface area contributed by atoms with Gasteiger partial charge in [0.05, 0.1) is 42.2 Å². The average Bonchev–Trinajstić information content (AvgIpc) is 4.28. The third-order valence-electron chi connectivity index (χ3n) is 16.4. The van der Waals surface area contributed by atoms with Crippen LogP contribution in [0, 0.1) is 23.7 Å². The number of Topliss-reactive ketones (excluding diaryl/α,β-unsaturated/α-hetero) is 1. The number of likely N-dealkylation sites (tertiary alicyclic amines) is 1. The third kappa shape index (κ3) is 20.4. The molecule has 1 saturated heterocycles. The Labute approximate surface area is 484 Å². The number of nitrogens with one attached hydrogen (secondary N) is 1. The van der Waals surface area contributed by atoms with E-state index >= 15 is 0 Å². The van der Waals surface area contributed by atoms with Crippen molar-refractivity contribution in [1.29, 1.82) is 0 Å². The molecule has 3 aliphatic rings. The van der Waals surface area contributed by atoms with Crippen molar-refractivity contribution in [2.24, 2.45) is 23.7 Å². The summed E-state index contributed by atoms with van der Waals surface area (Å²) in [5.41, 5.74) is -0.433. The second-order valence-corrected chi connectivity index (χ2v) is 22.7. The summed E-state index contributed by atoms with van der Waals surface area (Å²) >= 11 is 0. The van der Waals surface area contributed by atoms with Crippen molar-refractivity contribution in [2.75, 3.05) is 47.9 Å². The van der Waals surface area contributed by atoms with Crippen molar-refractivity contribution in [3.05, 3.63) is 60.2 Å². The minimum absolute atomic E-state index is 0.0602. The topological polar surface area (TPSA) is 275 Å². The van der Waals surface area contributed by atoms with Crippen LogP contribution in [-0.2, 0) is 68.6 Å². The number of hydrogen-bond donors (Lipinski definition) is 3. The zero-order chi connectivity index (χ0) is 61.4. The summed E-state index contributed by atoms with van der Waals surface area (Å²) in [6, 6.07) is 6.88. The van der Waals surface area contributed by atoms with Crippen LogP contribution in [0.3, 0.4) is 0 Å². The number of likely N-dealkylation sites (N-methyl/N-ethyl adjacent to an activating group) is 2. The van der Waals surface area contributed by atoms with Gasteiger partial charge >= 0.3 is 11.9 Å². The molecular weight excluding hydrogens is 1060 g/mol. The average molecular weight is 1150 g/mol. The van der Waals surface area contributed by atoms with E-state index in [4.69, 9.17) is 14.6 Å². The number of benzene rings is 1. The minimum atomic E-state index is -1.20. The number of carboxylic acids is 2. The van der Waals surface area contributed by atoms with Crippen LogP contribution >= 0.6 is 0 Å². The summed E-state index contributed by atoms with van der Waals surface area (Å²) in [5.74, 6) is -6.35. The number of aliphatic carboxylic acids is 2. The number of nitrogens with zero attached hydrogens (tertiary/aromatic N) is 5. The molecule has 456 valence electrons. The number of rotatable bonds is 35. The van der Waals surface area contributed by atoms with Gasteiger partial charge in [0, 0.05) is 104 Å². The molecule has 1 aromatic rings. The largest absolute Gasteiger partial charge is 0.481 e. The second kappa shape index (κ2) is 34.1. The molecule has 0 spiro atoms. The predicted molar refractivity (Wildman–Crippen MR) is 306 cm³/mol. The van der Waals surface area contributed by atoms with E-state index in [0.717, 1.165) is 37.7 Å². The first-order valence-electron chi connectivity index (χ1n) is 29.0. The Morgan fingerprint density at radius 3 is 1.73 bits per heavy atom. The lowest BCUT2D eigenvalue weighted by Crippen LogP contribution is -2.55. The van der Waals surface area contributed by atoms with Crippen LogP contribution in [0.1, 0.15) is 150 Å². The molecule has 3 N–H and O–H groups in total. The summed E-state index contributed by atoms with van der Waals surface area (Å²) in [5, 5.41) is 21.0. The number of carboxylic acid groups (broad SMARTS) is 2. The van der Waals surface area contributed by atoms with E-state index in [-0.39, 0.29) is 91.1 Å². The SMILES string of the molecule is CC[C@H](C)[C@@H]([C@@H](CC(=O)N1CCC[C@H]1[C@H](OC)[C@@H](C)C(=O)N[C@@H](Cc1ccccc1)C(=O)O)OC)N(C)C(=O)[C@@H](CC(=O)C(C)(C)N(C)C(=O)CCCCCCN1C(=O)C=CC1=O)C(C)C.O=C(O)CCCCCCN1C(=O)C=CC1=O. The van der Waals surface area contributed by atoms with Gasteiger partial charge in [0.25, 0.3) is 23.6 Å². The molecule has 0 unspecified atom stereocenters. The van der Waals surface area contributed by atoms with Crippen LogP contribution in [0.4, 0.5) is 0 Å². The number of methoxy groups -OCH3 is 2. The standard InChI is InChI=1S/C50H77N5O11.C11H15NO4/c1-12-33(4)45(39(65-10)31-44(60)54-28-20-23-38(54)46(66-11)34(5)47(61)51-37(49(63)64)29-35-21-16-15-17-22-35)52(8)48(62)36(32(2)3)30-40(56)50(6,7)53(9)41(57)24-18-13-14-19-27-55-42(58)25-26-43(55)59;13-9-6-7-10(14)12(9)8-4-2-1-3-5-11(15)16/h15-17,21-22,25-26,32-34,36-39,45-46H,12-14,18-20,23-24,27-31H2,1-11H3,(H,51,61)(H,63,64);6-7H,1-5,8H2,(H,15,16)/t33-,34+,36-,37-,38-,39+,45-,46+;/m0./s1. The number of amides is 8. The Kier molecular flexibility index (Phi) is 29.0. The van der Waals surface area contributed by atoms with Crippen molar-refractivity contribution in [2.45, 2.75) is 187 Å². The zero-order valence-corrected chi connectivity index (χ0v) is 50.3. The van der Waals surface area contributed by atoms with Crippen LogP contribution in [0.2, 0.25) is 0 Å². The maximum atomic E-state index is 14.6. The maximum Gasteiger partial charge on any atom is 0.326 e. The third-order valence-corrected chi connectivity index (χ3v) is 16.4. The highest BCUT2D eigenvalue weighted by atomic mass is 16.5. The van der Waals surface area contributed by atoms with Gasteiger partial charge in [-0.05, 0) is 69.8 Å². The van der Waals surface area contributed by atoms with Crippen molar-refractivity contribution in [3.8, 4) is 0 Å². The van der Waals surface area contributed by atoms with Gasteiger partial charge in [-0.15, -0.1) is 0 Å². The quantitative estimate of drug-likeness (QED) is 0.0519. The molecular formula is C61H92N6O15. The number of carbonyl (C=O) groups excluding carboxylic acids is 9. The van der Waals surface area contributed by atoms with Gasteiger partial charge in [0.15, 0.2) is 5.78 Å². The summed E-state index contributed by atoms with van der Waals surface area (Å²) < 4.78 is 11.9. The Morgan fingerprint density at radius 1 is 0.732 bits per heavy atom. The van der Waals surface area contributed by atoms with Gasteiger partial charge < -0.3 is 39.7 Å². The molecule has 3 heterocycles. The van der Waals surface area contributed by atoms with Gasteiger partial charge in [0.1, 0.15) is 6.04 Å². The minimum Gasteiger partial charge on any atom is -0.481 e. The molecule has 0 aromatic heterocycles. The van der Waals surface area contributed by atoms with E-state index < -0.39 is 65.6 Å². The van der Waals surface area contributed by atoms with Gasteiger partial charge in [-0.25, -0.2) is 4.79 Å². The monoisotopic (exact) mass is 1150 g/mol. The smallest absolute Gasteiger partial charge is 0.326 e. The van der Waals surface area contributed by atoms with Crippen LogP contribution in [0.25, 0.3) is 0 Å². The molecule has 4 rings (SSSR count). The Hall–Kier alpha value is -6.61. The summed E-state index contributed by atoms with van der Waals surface area (Å²) in [6.45, 7) is 14.0. The lowest BCUT2D eigenvalue weighted by Gasteiger charge is -2.41. The lowest BCUT2D eigenvalue weighted by atomic mass is 9.82. The Bertz CT molecular complexity index is 2390. The molecule has 1 fully saturated rings. The fourth-order valence-corrected chi connectivity index (χ4v) is 10.7. The lowest BCUT2D eigenvalue weighted by molar-refractivity contribution is -0.150. The highest BCUT2D eigenvalue weighted by Gasteiger charge is 2.44. The highest BCUT2D eigenvalue weighted by Crippen LogP contribution is 2.32. The fourth-order valence-electron chi connectivity index (χ4n) is 10.7. The Balaban J connectivity index is 0.000000943. The summed E-state index contributed by atoms with van der Waals surface area (Å²) in [4.78, 5) is 145. The first-order valence-corrected chi connectivity index (χ1v) is 29.0. The maximum absolute atomic E-state index is 14.6. The Morgan fingerprint density at radius 2 is 1.26 bits per heavy atom. The van der Waals surface area contributed by atoms with Gasteiger partial charge in [0.2, 0.25) is 23.6 Å². The molecule has 0 bridgehead atoms. The first-order chi connectivity index (χ1) is 38.7. The van der Waals surface area contributed by atoms with Crippen molar-refractivity contribution in [3.63, 3.8) is 0 Å². The molecule has 8 atom stereocenters. The molecule has 0 radical (unpaired) electrons. The van der Waals surface area contributed by atoms with E-state index in [2.05, 4.69) is 5.32 Å². The van der Waals surface area contributed by atoms with Gasteiger partial charge in [-0.2, -0.15) is 0 Å². The fraction of sp³-hybridized carbons (Fsp3) is 0.656. The number of carbonyl (C=O) groups is 11. The van der Waals surface area contributed by atoms with Gasteiger partial charge in [-0.3, -0.25) is 57.7 Å². The number of hydrogen-bond acceptors (Lipinski definition) is 13. The number of unbranched alkanes of at least 4 members (excludes halogenated alkanes) is 6. The van der Waals surface area contributed by atoms with Crippen LogP contribution in [-0.4, -0.2) is 184 Å². The molecule has 3 aliphatic heterocycles. The van der Waals surface area contributed by atoms with Crippen molar-refractivity contribution >= 4 is 65.0 Å². The number of ether oxygens (including phenoxy) is 2. The van der Waals surface area contributed by atoms with E-state index in [1.54, 1.807) is 68.9 Å². The number of ketones is 1. The van der Waals surface area contributed by atoms with Crippen LogP contribution in [0.5, 0.6) is 0 Å². The first kappa shape index (κ1) is 69.7. The van der Waals surface area contributed by atoms with E-state index in [0.29, 0.717) is 58.2 Å². The summed E-state index contributed by atoms with van der Waals surface area (Å²) in [7, 11) is 6.29. The molecule has 21 nitrogen and oxygen atoms in total. The highest BCUT2D eigenvalue weighted by molar-refractivity contribution is 6.13. The molecule has 82 heavy (non-hydrogen) atoms. The molecule has 21 heteroatoms.